The molecule has 0 heterocycles. The number of nitrogens with zero attached hydrogens (tertiary/aromatic N) is 2. The Kier molecular flexibility index (Phi) is 19.3. The van der Waals surface area contributed by atoms with E-state index in [9.17, 15) is 4.57 Å². The highest BCUT2D eigenvalue weighted by Crippen LogP contribution is 2.00. The largest absolute Gasteiger partial charge is 0.362 e. The summed E-state index contributed by atoms with van der Waals surface area (Å²) in [6.45, 7) is 4.81. The molecule has 0 saturated carbocycles. The zero-order valence-corrected chi connectivity index (χ0v) is 7.18. The van der Waals surface area contributed by atoms with Crippen LogP contribution in [0.25, 0.3) is 5.53 Å². The molecule has 0 N–H and O–H groups in total. The standard InChI is InChI=1S/C5H11OP.CH2N2/c1-2-3-4-5-7-6;1-3-2/h2-5H2,1H3;1H2. The maximum Gasteiger partial charge on any atom is 0.245 e. The van der Waals surface area contributed by atoms with Crippen LogP contribution in [0.3, 0.4) is 0 Å². The van der Waals surface area contributed by atoms with Gasteiger partial charge in [-0.2, -0.15) is 4.79 Å². The molecular weight excluding hydrogens is 147 g/mol. The highest BCUT2D eigenvalue weighted by molar-refractivity contribution is 7.23. The van der Waals surface area contributed by atoms with Crippen LogP contribution in [0.15, 0.2) is 0 Å². The maximum atomic E-state index is 9.78. The van der Waals surface area contributed by atoms with Crippen molar-refractivity contribution < 1.29 is 9.35 Å². The molecule has 4 heteroatoms. The van der Waals surface area contributed by atoms with Gasteiger partial charge in [0.25, 0.3) is 0 Å². The van der Waals surface area contributed by atoms with E-state index in [0.717, 1.165) is 12.6 Å². The van der Waals surface area contributed by atoms with Crippen molar-refractivity contribution in [3.05, 3.63) is 5.53 Å². The molecule has 0 aliphatic carbocycles. The van der Waals surface area contributed by atoms with E-state index in [4.69, 9.17) is 5.53 Å². The first-order chi connectivity index (χ1) is 4.83. The summed E-state index contributed by atoms with van der Waals surface area (Å²) in [5.41, 5.74) is 7.08. The van der Waals surface area contributed by atoms with Gasteiger partial charge in [-0.15, -0.1) is 0 Å². The Labute approximate surface area is 63.3 Å². The molecule has 0 aromatic carbocycles. The second-order valence-corrected chi connectivity index (χ2v) is 2.41. The van der Waals surface area contributed by atoms with Gasteiger partial charge in [-0.25, -0.2) is 0 Å². The van der Waals surface area contributed by atoms with Crippen molar-refractivity contribution >= 4 is 15.2 Å². The van der Waals surface area contributed by atoms with Gasteiger partial charge in [0, 0.05) is 6.16 Å². The third-order valence-corrected chi connectivity index (χ3v) is 1.35. The molecule has 0 saturated heterocycles. The van der Waals surface area contributed by atoms with Crippen molar-refractivity contribution in [1.82, 2.24) is 0 Å². The molecule has 0 aromatic rings. The fraction of sp³-hybridized carbons (Fsp3) is 0.833. The van der Waals surface area contributed by atoms with Gasteiger partial charge in [-0.05, 0) is 6.42 Å². The summed E-state index contributed by atoms with van der Waals surface area (Å²) < 4.78 is 9.78. The van der Waals surface area contributed by atoms with Crippen molar-refractivity contribution in [3.63, 3.8) is 0 Å². The van der Waals surface area contributed by atoms with E-state index in [1.54, 1.807) is 0 Å². The molecule has 0 aliphatic heterocycles. The Hall–Kier alpha value is -0.520. The van der Waals surface area contributed by atoms with E-state index < -0.39 is 0 Å². The Morgan fingerprint density at radius 1 is 1.60 bits per heavy atom. The van der Waals surface area contributed by atoms with Crippen LogP contribution in [0.1, 0.15) is 26.2 Å². The molecule has 0 spiro atoms. The van der Waals surface area contributed by atoms with Crippen LogP contribution < -0.4 is 0 Å². The Bertz CT molecular complexity index is 99.9. The first-order valence-electron chi connectivity index (χ1n) is 3.22. The predicted octanol–water partition coefficient (Wildman–Crippen LogP) is 2.39. The minimum atomic E-state index is 0.305. The fourth-order valence-electron chi connectivity index (χ4n) is 0.426. The smallest absolute Gasteiger partial charge is 0.245 e. The predicted molar refractivity (Wildman–Crippen MR) is 42.7 cm³/mol. The van der Waals surface area contributed by atoms with Crippen molar-refractivity contribution in [2.75, 3.05) is 6.16 Å². The van der Waals surface area contributed by atoms with E-state index in [2.05, 4.69) is 18.4 Å². The molecule has 0 aromatic heterocycles. The second kappa shape index (κ2) is 15.8. The average Bonchev–Trinajstić information content (AvgIpc) is 1.91. The van der Waals surface area contributed by atoms with Gasteiger partial charge in [0.15, 0.2) is 8.46 Å². The van der Waals surface area contributed by atoms with Crippen LogP contribution >= 0.6 is 8.46 Å². The molecule has 10 heavy (non-hydrogen) atoms. The summed E-state index contributed by atoms with van der Waals surface area (Å²) >= 11 is 0. The van der Waals surface area contributed by atoms with Crippen LogP contribution in [-0.2, 0) is 4.57 Å². The fourth-order valence-corrected chi connectivity index (χ4v) is 0.779. The monoisotopic (exact) mass is 160 g/mol. The highest BCUT2D eigenvalue weighted by Gasteiger charge is 1.81. The first kappa shape index (κ1) is 12.2. The molecule has 0 atom stereocenters. The number of unbranched alkanes of at least 4 members (excludes halogenated alkanes) is 2. The van der Waals surface area contributed by atoms with Crippen LogP contribution in [0, 0.1) is 0 Å². The van der Waals surface area contributed by atoms with Gasteiger partial charge in [-0.3, -0.25) is 4.57 Å². The molecule has 0 aliphatic rings. The van der Waals surface area contributed by atoms with Gasteiger partial charge in [0.1, 0.15) is 0 Å². The van der Waals surface area contributed by atoms with Crippen molar-refractivity contribution in [2.24, 2.45) is 0 Å². The first-order valence-corrected chi connectivity index (χ1v) is 4.22. The number of rotatable bonds is 4. The second-order valence-electron chi connectivity index (χ2n) is 1.70. The van der Waals surface area contributed by atoms with E-state index in [1.807, 2.05) is 0 Å². The minimum absolute atomic E-state index is 0.305. The summed E-state index contributed by atoms with van der Waals surface area (Å²) in [6.07, 6.45) is 4.39. The number of hydrogen-bond donors (Lipinski definition) is 0. The zero-order chi connectivity index (χ0) is 8.24. The van der Waals surface area contributed by atoms with E-state index in [0.29, 0.717) is 8.46 Å². The van der Waals surface area contributed by atoms with E-state index >= 15 is 0 Å². The van der Waals surface area contributed by atoms with E-state index in [-0.39, 0.29) is 0 Å². The molecule has 58 valence electrons. The molecule has 0 unspecified atom stereocenters. The van der Waals surface area contributed by atoms with Crippen LogP contribution in [0.4, 0.5) is 0 Å². The lowest BCUT2D eigenvalue weighted by atomic mass is 10.3. The lowest BCUT2D eigenvalue weighted by Crippen LogP contribution is -1.71. The van der Waals surface area contributed by atoms with Gasteiger partial charge in [0.05, 0.1) is 0 Å². The molecular formula is C6H13N2OP. The summed E-state index contributed by atoms with van der Waals surface area (Å²) in [5, 5.41) is 0. The van der Waals surface area contributed by atoms with Gasteiger partial charge >= 0.3 is 0 Å². The SMILES string of the molecule is C=[N+]=[N-].CCCCCP=O. The minimum Gasteiger partial charge on any atom is -0.362 e. The van der Waals surface area contributed by atoms with Gasteiger partial charge in [0.2, 0.25) is 6.72 Å². The Balaban J connectivity index is 0. The summed E-state index contributed by atoms with van der Waals surface area (Å²) in [5.74, 6) is 0. The summed E-state index contributed by atoms with van der Waals surface area (Å²) in [6, 6.07) is 0. The maximum absolute atomic E-state index is 9.78. The van der Waals surface area contributed by atoms with Crippen molar-refractivity contribution in [3.8, 4) is 0 Å². The van der Waals surface area contributed by atoms with Crippen LogP contribution in [0.2, 0.25) is 0 Å². The molecule has 0 radical (unpaired) electrons. The van der Waals surface area contributed by atoms with Crippen LogP contribution in [-0.4, -0.2) is 17.7 Å². The lowest BCUT2D eigenvalue weighted by Gasteiger charge is -1.84. The number of hydrogen-bond acceptors (Lipinski definition) is 1. The van der Waals surface area contributed by atoms with E-state index in [1.165, 1.54) is 12.8 Å². The molecule has 0 bridgehead atoms. The molecule has 0 amide bonds. The molecule has 0 rings (SSSR count). The van der Waals surface area contributed by atoms with Gasteiger partial charge in [-0.1, -0.05) is 19.8 Å². The van der Waals surface area contributed by atoms with Crippen molar-refractivity contribution in [2.45, 2.75) is 26.2 Å². The highest BCUT2D eigenvalue weighted by atomic mass is 31.1. The quantitative estimate of drug-likeness (QED) is 0.205. The van der Waals surface area contributed by atoms with Gasteiger partial charge < -0.3 is 5.53 Å². The average molecular weight is 160 g/mol. The lowest BCUT2D eigenvalue weighted by molar-refractivity contribution is 0.0110. The summed E-state index contributed by atoms with van der Waals surface area (Å²) in [7, 11) is 0.305. The normalized spacial score (nSPS) is 7.70. The molecule has 0 fully saturated rings. The Morgan fingerprint density at radius 3 is 2.40 bits per heavy atom. The summed E-state index contributed by atoms with van der Waals surface area (Å²) in [4.78, 5) is 2.25. The third-order valence-electron chi connectivity index (χ3n) is 0.853. The van der Waals surface area contributed by atoms with Crippen molar-refractivity contribution in [1.29, 1.82) is 0 Å². The third kappa shape index (κ3) is 25.9. The van der Waals surface area contributed by atoms with Crippen LogP contribution in [0.5, 0.6) is 0 Å². The molecule has 3 nitrogen and oxygen atoms in total. The topological polar surface area (TPSA) is 53.5 Å². The Morgan fingerprint density at radius 2 is 2.10 bits per heavy atom. The zero-order valence-electron chi connectivity index (χ0n) is 6.29.